The lowest BCUT2D eigenvalue weighted by molar-refractivity contribution is 0.144. The predicted octanol–water partition coefficient (Wildman–Crippen LogP) is 2.28. The van der Waals surface area contributed by atoms with Crippen LogP contribution in [0.15, 0.2) is 0 Å². The summed E-state index contributed by atoms with van der Waals surface area (Å²) in [6.45, 7) is 0. The van der Waals surface area contributed by atoms with Crippen molar-refractivity contribution in [1.29, 1.82) is 0 Å². The van der Waals surface area contributed by atoms with Gasteiger partial charge >= 0.3 is 0 Å². The highest BCUT2D eigenvalue weighted by atomic mass is 35.5. The lowest BCUT2D eigenvalue weighted by atomic mass is 10.1. The van der Waals surface area contributed by atoms with E-state index in [2.05, 4.69) is 20.3 Å². The molecule has 2 unspecified atom stereocenters. The lowest BCUT2D eigenvalue weighted by Crippen LogP contribution is -2.33. The van der Waals surface area contributed by atoms with E-state index >= 15 is 0 Å². The molecule has 1 aliphatic carbocycles. The van der Waals surface area contributed by atoms with Gasteiger partial charge < -0.3 is 10.4 Å². The third-order valence-corrected chi connectivity index (χ3v) is 3.21. The van der Waals surface area contributed by atoms with E-state index in [-0.39, 0.29) is 22.7 Å². The van der Waals surface area contributed by atoms with Crippen molar-refractivity contribution in [3.8, 4) is 0 Å². The van der Waals surface area contributed by atoms with Crippen LogP contribution in [0.2, 0.25) is 10.6 Å². The minimum absolute atomic E-state index is 0.0490. The van der Waals surface area contributed by atoms with E-state index in [0.717, 1.165) is 32.1 Å². The van der Waals surface area contributed by atoms with Crippen molar-refractivity contribution in [2.75, 3.05) is 5.32 Å². The summed E-state index contributed by atoms with van der Waals surface area (Å²) < 4.78 is 0. The maximum atomic E-state index is 9.95. The summed E-state index contributed by atoms with van der Waals surface area (Å²) in [6, 6.07) is -0.0490. The van der Waals surface area contributed by atoms with Crippen molar-refractivity contribution >= 4 is 29.2 Å². The van der Waals surface area contributed by atoms with E-state index in [1.165, 1.54) is 0 Å². The third-order valence-electron chi connectivity index (χ3n) is 2.87. The number of hydrogen-bond donors (Lipinski definition) is 2. The van der Waals surface area contributed by atoms with Gasteiger partial charge in [0.15, 0.2) is 0 Å². The number of nitrogens with zero attached hydrogens (tertiary/aromatic N) is 3. The molecule has 7 heteroatoms. The van der Waals surface area contributed by atoms with Crippen molar-refractivity contribution in [2.45, 2.75) is 44.2 Å². The first-order chi connectivity index (χ1) is 8.15. The molecule has 0 aromatic carbocycles. The van der Waals surface area contributed by atoms with Crippen LogP contribution in [0.25, 0.3) is 0 Å². The van der Waals surface area contributed by atoms with Crippen LogP contribution in [0.3, 0.4) is 0 Å². The summed E-state index contributed by atoms with van der Waals surface area (Å²) >= 11 is 11.4. The van der Waals surface area contributed by atoms with Gasteiger partial charge in [-0.3, -0.25) is 0 Å². The molecule has 0 amide bonds. The standard InChI is InChI=1S/C10H14Cl2N4O/c11-8-14-9(12)16-10(15-8)13-6-4-2-1-3-5-7(6)17/h6-7,17H,1-5H2,(H,13,14,15,16). The Morgan fingerprint density at radius 2 is 1.65 bits per heavy atom. The van der Waals surface area contributed by atoms with Gasteiger partial charge in [0.25, 0.3) is 0 Å². The fraction of sp³-hybridized carbons (Fsp3) is 0.700. The average molecular weight is 277 g/mol. The van der Waals surface area contributed by atoms with Crippen molar-refractivity contribution in [2.24, 2.45) is 0 Å². The van der Waals surface area contributed by atoms with Crippen LogP contribution < -0.4 is 5.32 Å². The molecule has 2 atom stereocenters. The Kier molecular flexibility index (Phi) is 4.36. The number of anilines is 1. The Morgan fingerprint density at radius 3 is 2.35 bits per heavy atom. The zero-order valence-corrected chi connectivity index (χ0v) is 10.7. The average Bonchev–Trinajstić information content (AvgIpc) is 2.43. The largest absolute Gasteiger partial charge is 0.391 e. The van der Waals surface area contributed by atoms with Crippen molar-refractivity contribution < 1.29 is 5.11 Å². The highest BCUT2D eigenvalue weighted by Crippen LogP contribution is 2.21. The van der Waals surface area contributed by atoms with Crippen LogP contribution in [0, 0.1) is 0 Å². The Bertz CT molecular complexity index is 370. The van der Waals surface area contributed by atoms with E-state index < -0.39 is 0 Å². The topological polar surface area (TPSA) is 70.9 Å². The molecule has 1 aliphatic rings. The van der Waals surface area contributed by atoms with E-state index in [1.54, 1.807) is 0 Å². The van der Waals surface area contributed by atoms with Crippen molar-refractivity contribution in [1.82, 2.24) is 15.0 Å². The van der Waals surface area contributed by atoms with Crippen molar-refractivity contribution in [3.05, 3.63) is 10.6 Å². The van der Waals surface area contributed by atoms with Gasteiger partial charge in [0, 0.05) is 0 Å². The van der Waals surface area contributed by atoms with Crippen molar-refractivity contribution in [3.63, 3.8) is 0 Å². The predicted molar refractivity (Wildman–Crippen MR) is 66.3 cm³/mol. The number of rotatable bonds is 2. The van der Waals surface area contributed by atoms with Crippen LogP contribution >= 0.6 is 23.2 Å². The maximum absolute atomic E-state index is 9.95. The van der Waals surface area contributed by atoms with E-state index in [4.69, 9.17) is 23.2 Å². The smallest absolute Gasteiger partial charge is 0.228 e. The molecule has 0 aliphatic heterocycles. The molecule has 17 heavy (non-hydrogen) atoms. The summed E-state index contributed by atoms with van der Waals surface area (Å²) in [5.74, 6) is 0.320. The number of aromatic nitrogens is 3. The first-order valence-electron chi connectivity index (χ1n) is 5.67. The minimum Gasteiger partial charge on any atom is -0.391 e. The number of aliphatic hydroxyl groups is 1. The molecule has 0 radical (unpaired) electrons. The summed E-state index contributed by atoms with van der Waals surface area (Å²) in [5.41, 5.74) is 0. The molecule has 5 nitrogen and oxygen atoms in total. The highest BCUT2D eigenvalue weighted by Gasteiger charge is 2.22. The van der Waals surface area contributed by atoms with Crippen LogP contribution in [0.1, 0.15) is 32.1 Å². The molecule has 2 N–H and O–H groups in total. The molecule has 1 aromatic rings. The van der Waals surface area contributed by atoms with E-state index in [1.807, 2.05) is 0 Å². The Morgan fingerprint density at radius 1 is 1.00 bits per heavy atom. The minimum atomic E-state index is -0.383. The first kappa shape index (κ1) is 12.8. The number of nitrogens with one attached hydrogen (secondary N) is 1. The quantitative estimate of drug-likeness (QED) is 0.811. The number of aliphatic hydroxyl groups excluding tert-OH is 1. The van der Waals surface area contributed by atoms with Crippen LogP contribution in [0.4, 0.5) is 5.95 Å². The van der Waals surface area contributed by atoms with Gasteiger partial charge in [-0.1, -0.05) is 19.3 Å². The van der Waals surface area contributed by atoms with Gasteiger partial charge in [0.05, 0.1) is 12.1 Å². The Balaban J connectivity index is 2.07. The monoisotopic (exact) mass is 276 g/mol. The van der Waals surface area contributed by atoms with E-state index in [0.29, 0.717) is 5.95 Å². The van der Waals surface area contributed by atoms with Crippen LogP contribution in [0.5, 0.6) is 0 Å². The molecule has 0 bridgehead atoms. The Hall–Kier alpha value is -0.650. The second-order valence-electron chi connectivity index (χ2n) is 4.15. The van der Waals surface area contributed by atoms with Gasteiger partial charge in [-0.15, -0.1) is 0 Å². The fourth-order valence-electron chi connectivity index (χ4n) is 2.01. The van der Waals surface area contributed by atoms with Gasteiger partial charge in [-0.05, 0) is 36.0 Å². The molecule has 0 spiro atoms. The molecular weight excluding hydrogens is 263 g/mol. The summed E-state index contributed by atoms with van der Waals surface area (Å²) in [5, 5.41) is 13.1. The zero-order valence-electron chi connectivity index (χ0n) is 9.24. The summed E-state index contributed by atoms with van der Waals surface area (Å²) in [6.07, 6.45) is 4.59. The van der Waals surface area contributed by atoms with Gasteiger partial charge in [-0.2, -0.15) is 15.0 Å². The van der Waals surface area contributed by atoms with Gasteiger partial charge in [0.1, 0.15) is 0 Å². The number of halogens is 2. The van der Waals surface area contributed by atoms with E-state index in [9.17, 15) is 5.11 Å². The Labute approximate surface area is 110 Å². The molecule has 2 rings (SSSR count). The van der Waals surface area contributed by atoms with Gasteiger partial charge in [-0.25, -0.2) is 0 Å². The molecule has 1 aromatic heterocycles. The van der Waals surface area contributed by atoms with Crippen LogP contribution in [-0.4, -0.2) is 32.2 Å². The normalized spacial score (nSPS) is 25.4. The molecule has 94 valence electrons. The SMILES string of the molecule is OC1CCCCCC1Nc1nc(Cl)nc(Cl)n1. The first-order valence-corrected chi connectivity index (χ1v) is 6.42. The molecule has 1 heterocycles. The van der Waals surface area contributed by atoms with Gasteiger partial charge in [0.2, 0.25) is 16.5 Å². The van der Waals surface area contributed by atoms with Crippen LogP contribution in [-0.2, 0) is 0 Å². The summed E-state index contributed by atoms with van der Waals surface area (Å²) in [4.78, 5) is 11.5. The highest BCUT2D eigenvalue weighted by molar-refractivity contribution is 6.31. The second kappa shape index (κ2) is 5.80. The third kappa shape index (κ3) is 3.66. The second-order valence-corrected chi connectivity index (χ2v) is 4.83. The zero-order chi connectivity index (χ0) is 12.3. The molecule has 1 fully saturated rings. The molecular formula is C10H14Cl2N4O. The molecule has 1 saturated carbocycles. The maximum Gasteiger partial charge on any atom is 0.228 e. The lowest BCUT2D eigenvalue weighted by Gasteiger charge is -2.21. The molecule has 0 saturated heterocycles. The number of hydrogen-bond acceptors (Lipinski definition) is 5. The fourth-order valence-corrected chi connectivity index (χ4v) is 2.38. The summed E-state index contributed by atoms with van der Waals surface area (Å²) in [7, 11) is 0.